The number of benzene rings is 3. The van der Waals surface area contributed by atoms with Crippen molar-refractivity contribution in [2.45, 2.75) is 30.1 Å². The van der Waals surface area contributed by atoms with E-state index in [2.05, 4.69) is 67.6 Å². The van der Waals surface area contributed by atoms with E-state index in [1.807, 2.05) is 12.1 Å². The number of carbonyl (C=O) groups is 1. The summed E-state index contributed by atoms with van der Waals surface area (Å²) in [5.41, 5.74) is 5.02. The number of carbonyl (C=O) groups excluding carboxylic acids is 1. The van der Waals surface area contributed by atoms with Crippen LogP contribution in [-0.4, -0.2) is 19.7 Å². The number of esters is 1. The van der Waals surface area contributed by atoms with E-state index in [1.54, 1.807) is 7.11 Å². The van der Waals surface area contributed by atoms with Crippen molar-refractivity contribution >= 4 is 5.97 Å². The maximum absolute atomic E-state index is 13.8. The molecule has 1 aliphatic heterocycles. The Kier molecular flexibility index (Phi) is 3.54. The highest BCUT2D eigenvalue weighted by molar-refractivity contribution is 5.97. The molecule has 3 aliphatic rings. The highest BCUT2D eigenvalue weighted by Crippen LogP contribution is 2.75. The lowest BCUT2D eigenvalue weighted by Crippen LogP contribution is -2.75. The van der Waals surface area contributed by atoms with Gasteiger partial charge in [0.25, 0.3) is 0 Å². The molecule has 0 amide bonds. The molecule has 0 N–H and O–H groups in total. The lowest BCUT2D eigenvalue weighted by Gasteiger charge is -2.71. The van der Waals surface area contributed by atoms with Crippen LogP contribution in [0.5, 0.6) is 5.75 Å². The SMILES string of the molecule is COc1ccc([C@@]23CCOC(=O)[C@@]24c2ccccc2-c2ccccc2C4[C@@H]3C)cc1. The van der Waals surface area contributed by atoms with Crippen LogP contribution in [0.4, 0.5) is 0 Å². The molecule has 30 heavy (non-hydrogen) atoms. The van der Waals surface area contributed by atoms with Gasteiger partial charge in [0.15, 0.2) is 0 Å². The van der Waals surface area contributed by atoms with Crippen molar-refractivity contribution in [3.05, 3.63) is 89.5 Å². The highest BCUT2D eigenvalue weighted by Gasteiger charge is 2.78. The second kappa shape index (κ2) is 5.98. The average molecular weight is 396 g/mol. The van der Waals surface area contributed by atoms with Crippen molar-refractivity contribution in [1.29, 1.82) is 0 Å². The number of hydrogen-bond acceptors (Lipinski definition) is 3. The van der Waals surface area contributed by atoms with Crippen LogP contribution in [0.25, 0.3) is 11.1 Å². The molecule has 3 heteroatoms. The van der Waals surface area contributed by atoms with Crippen LogP contribution >= 0.6 is 0 Å². The smallest absolute Gasteiger partial charge is 0.318 e. The third kappa shape index (κ3) is 1.81. The Morgan fingerprint density at radius 3 is 2.40 bits per heavy atom. The Bertz CT molecular complexity index is 1160. The Morgan fingerprint density at radius 1 is 0.933 bits per heavy atom. The minimum absolute atomic E-state index is 0.0744. The first-order chi connectivity index (χ1) is 14.7. The van der Waals surface area contributed by atoms with Gasteiger partial charge in [-0.2, -0.15) is 0 Å². The number of fused-ring (bicyclic) bond motifs is 4. The fourth-order valence-electron chi connectivity index (χ4n) is 6.97. The molecule has 3 aromatic carbocycles. The Morgan fingerprint density at radius 2 is 1.63 bits per heavy atom. The number of hydrogen-bond donors (Lipinski definition) is 0. The topological polar surface area (TPSA) is 35.5 Å². The number of rotatable bonds is 2. The zero-order valence-corrected chi connectivity index (χ0v) is 17.2. The molecule has 3 aromatic rings. The fourth-order valence-corrected chi connectivity index (χ4v) is 6.97. The third-order valence-electron chi connectivity index (χ3n) is 8.04. The summed E-state index contributed by atoms with van der Waals surface area (Å²) in [6.07, 6.45) is 0.833. The van der Waals surface area contributed by atoms with E-state index in [0.29, 0.717) is 12.5 Å². The zero-order chi connectivity index (χ0) is 20.5. The molecule has 0 radical (unpaired) electrons. The van der Waals surface area contributed by atoms with E-state index < -0.39 is 5.41 Å². The molecule has 3 nitrogen and oxygen atoms in total. The predicted octanol–water partition coefficient (Wildman–Crippen LogP) is 5.23. The largest absolute Gasteiger partial charge is 0.497 e. The van der Waals surface area contributed by atoms with Crippen molar-refractivity contribution in [1.82, 2.24) is 0 Å². The van der Waals surface area contributed by atoms with Crippen LogP contribution < -0.4 is 4.74 Å². The molecule has 150 valence electrons. The number of ether oxygens (including phenoxy) is 2. The van der Waals surface area contributed by atoms with Gasteiger partial charge in [-0.05, 0) is 52.3 Å². The second-order valence-electron chi connectivity index (χ2n) is 8.79. The number of cyclic esters (lactones) is 1. The molecule has 6 rings (SSSR count). The molecule has 1 heterocycles. The van der Waals surface area contributed by atoms with Gasteiger partial charge in [0.2, 0.25) is 0 Å². The summed E-state index contributed by atoms with van der Waals surface area (Å²) in [5.74, 6) is 1.18. The van der Waals surface area contributed by atoms with Gasteiger partial charge in [-0.3, -0.25) is 4.79 Å². The summed E-state index contributed by atoms with van der Waals surface area (Å²) in [4.78, 5) is 13.8. The third-order valence-corrected chi connectivity index (χ3v) is 8.04. The van der Waals surface area contributed by atoms with E-state index in [0.717, 1.165) is 23.3 Å². The van der Waals surface area contributed by atoms with Crippen molar-refractivity contribution in [3.8, 4) is 16.9 Å². The van der Waals surface area contributed by atoms with Crippen LogP contribution in [0.15, 0.2) is 72.8 Å². The van der Waals surface area contributed by atoms with Crippen molar-refractivity contribution in [2.75, 3.05) is 13.7 Å². The molecule has 2 fully saturated rings. The van der Waals surface area contributed by atoms with E-state index in [1.165, 1.54) is 16.7 Å². The molecule has 4 atom stereocenters. The van der Waals surface area contributed by atoms with E-state index >= 15 is 0 Å². The molecule has 1 saturated carbocycles. The van der Waals surface area contributed by atoms with Gasteiger partial charge in [0.1, 0.15) is 11.2 Å². The van der Waals surface area contributed by atoms with Gasteiger partial charge in [-0.25, -0.2) is 0 Å². The number of methoxy groups -OCH3 is 1. The normalized spacial score (nSPS) is 30.7. The lowest BCUT2D eigenvalue weighted by atomic mass is 9.31. The van der Waals surface area contributed by atoms with Crippen LogP contribution in [0.1, 0.15) is 36.0 Å². The summed E-state index contributed by atoms with van der Waals surface area (Å²) in [6.45, 7) is 2.78. The first-order valence-corrected chi connectivity index (χ1v) is 10.7. The standard InChI is InChI=1S/C27H24O3/c1-17-24-22-9-4-3-7-20(22)21-8-5-6-10-23(21)27(24)25(28)30-16-15-26(17,27)18-11-13-19(29-2)14-12-18/h3-14,17,24H,15-16H2,1-2H3/t17-,24?,26-,27-/m0/s1. The summed E-state index contributed by atoms with van der Waals surface area (Å²) < 4.78 is 11.2. The zero-order valence-electron chi connectivity index (χ0n) is 17.2. The molecule has 2 aliphatic carbocycles. The molecule has 0 aromatic heterocycles. The van der Waals surface area contributed by atoms with Gasteiger partial charge < -0.3 is 9.47 Å². The van der Waals surface area contributed by atoms with Crippen molar-refractivity contribution in [3.63, 3.8) is 0 Å². The molecule has 1 spiro atoms. The summed E-state index contributed by atoms with van der Waals surface area (Å²) in [6, 6.07) is 25.3. The first-order valence-electron chi connectivity index (χ1n) is 10.7. The Balaban J connectivity index is 1.68. The maximum Gasteiger partial charge on any atom is 0.318 e. The van der Waals surface area contributed by atoms with E-state index in [4.69, 9.17) is 9.47 Å². The minimum Gasteiger partial charge on any atom is -0.497 e. The van der Waals surface area contributed by atoms with E-state index in [9.17, 15) is 4.79 Å². The second-order valence-corrected chi connectivity index (χ2v) is 8.79. The van der Waals surface area contributed by atoms with Crippen LogP contribution in [0, 0.1) is 5.92 Å². The quantitative estimate of drug-likeness (QED) is 0.556. The predicted molar refractivity (Wildman–Crippen MR) is 116 cm³/mol. The molecule has 1 saturated heterocycles. The Hall–Kier alpha value is -3.07. The van der Waals surface area contributed by atoms with Gasteiger partial charge in [0, 0.05) is 11.3 Å². The molecule has 0 bridgehead atoms. The van der Waals surface area contributed by atoms with Gasteiger partial charge >= 0.3 is 5.97 Å². The summed E-state index contributed by atoms with van der Waals surface area (Å²) in [7, 11) is 1.68. The van der Waals surface area contributed by atoms with Gasteiger partial charge in [0.05, 0.1) is 13.7 Å². The van der Waals surface area contributed by atoms with Crippen LogP contribution in [-0.2, 0) is 20.4 Å². The van der Waals surface area contributed by atoms with Gasteiger partial charge in [-0.1, -0.05) is 67.6 Å². The van der Waals surface area contributed by atoms with Crippen molar-refractivity contribution in [2.24, 2.45) is 5.92 Å². The van der Waals surface area contributed by atoms with E-state index in [-0.39, 0.29) is 17.3 Å². The summed E-state index contributed by atoms with van der Waals surface area (Å²) >= 11 is 0. The average Bonchev–Trinajstić information content (AvgIpc) is 2.80. The van der Waals surface area contributed by atoms with Crippen LogP contribution in [0.3, 0.4) is 0 Å². The Labute approximate surface area is 176 Å². The lowest BCUT2D eigenvalue weighted by molar-refractivity contribution is -0.186. The molecular weight excluding hydrogens is 372 g/mol. The summed E-state index contributed by atoms with van der Waals surface area (Å²) in [5, 5.41) is 0. The monoisotopic (exact) mass is 396 g/mol. The first kappa shape index (κ1) is 17.8. The molecular formula is C27H24O3. The van der Waals surface area contributed by atoms with Crippen molar-refractivity contribution < 1.29 is 14.3 Å². The molecule has 1 unspecified atom stereocenters. The van der Waals surface area contributed by atoms with Gasteiger partial charge in [-0.15, -0.1) is 0 Å². The minimum atomic E-state index is -0.690. The highest BCUT2D eigenvalue weighted by atomic mass is 16.5. The van der Waals surface area contributed by atoms with Crippen LogP contribution in [0.2, 0.25) is 0 Å². The fraction of sp³-hybridized carbons (Fsp3) is 0.296. The maximum atomic E-state index is 13.8.